The molecular formula is C19H24N4O4. The largest absolute Gasteiger partial charge is 0.378 e. The van der Waals surface area contributed by atoms with E-state index in [-0.39, 0.29) is 0 Å². The molecule has 0 aliphatic heterocycles. The van der Waals surface area contributed by atoms with Crippen molar-refractivity contribution in [2.45, 2.75) is 26.4 Å². The summed E-state index contributed by atoms with van der Waals surface area (Å²) in [6.45, 7) is 1.35. The molecule has 2 heterocycles. The second-order valence-corrected chi connectivity index (χ2v) is 5.86. The van der Waals surface area contributed by atoms with Crippen LogP contribution in [0.4, 0.5) is 0 Å². The van der Waals surface area contributed by atoms with E-state index < -0.39 is 0 Å². The fourth-order valence-corrected chi connectivity index (χ4v) is 2.74. The number of rotatable bonds is 10. The smallest absolute Gasteiger partial charge is 0.329 e. The Morgan fingerprint density at radius 1 is 0.704 bits per heavy atom. The molecule has 0 radical (unpaired) electrons. The molecule has 2 aromatic heterocycles. The fourth-order valence-electron chi connectivity index (χ4n) is 2.74. The third-order valence-corrected chi connectivity index (χ3v) is 3.68. The van der Waals surface area contributed by atoms with Gasteiger partial charge < -0.3 is 24.5 Å². The van der Waals surface area contributed by atoms with Gasteiger partial charge in [-0.25, -0.2) is 0 Å². The second kappa shape index (κ2) is 10.6. The van der Waals surface area contributed by atoms with Gasteiger partial charge in [-0.2, -0.15) is 4.79 Å². The lowest BCUT2D eigenvalue weighted by molar-refractivity contribution is -0.00287. The van der Waals surface area contributed by atoms with E-state index in [0.717, 1.165) is 0 Å². The third kappa shape index (κ3) is 5.75. The monoisotopic (exact) mass is 372 g/mol. The van der Waals surface area contributed by atoms with Gasteiger partial charge in [-0.3, -0.25) is 9.97 Å². The SMILES string of the molecule is COCc1cc(C(=[N+]=[N-])c2cc(COC)nc(COC)c2)cc(COC)n1. The van der Waals surface area contributed by atoms with Crippen LogP contribution in [-0.4, -0.2) is 48.9 Å². The summed E-state index contributed by atoms with van der Waals surface area (Å²) in [5, 5.41) is 0. The zero-order chi connectivity index (χ0) is 19.6. The van der Waals surface area contributed by atoms with Gasteiger partial charge in [0.1, 0.15) is 0 Å². The van der Waals surface area contributed by atoms with Crippen molar-refractivity contribution in [3.05, 3.63) is 63.7 Å². The number of methoxy groups -OCH3 is 4. The van der Waals surface area contributed by atoms with Gasteiger partial charge in [0.2, 0.25) is 0 Å². The van der Waals surface area contributed by atoms with Gasteiger partial charge in [0.05, 0.1) is 60.3 Å². The first-order valence-electron chi connectivity index (χ1n) is 8.33. The van der Waals surface area contributed by atoms with Crippen LogP contribution in [0.1, 0.15) is 33.9 Å². The average molecular weight is 372 g/mol. The predicted molar refractivity (Wildman–Crippen MR) is 98.2 cm³/mol. The summed E-state index contributed by atoms with van der Waals surface area (Å²) >= 11 is 0. The molecule has 0 saturated heterocycles. The Bertz CT molecular complexity index is 709. The number of aromatic nitrogens is 2. The molecule has 0 spiro atoms. The fraction of sp³-hybridized carbons (Fsp3) is 0.421. The molecule has 0 amide bonds. The minimum atomic E-state index is 0.337. The maximum atomic E-state index is 9.74. The molecule has 27 heavy (non-hydrogen) atoms. The summed E-state index contributed by atoms with van der Waals surface area (Å²) in [5.74, 6) is 0. The van der Waals surface area contributed by atoms with E-state index in [1.54, 1.807) is 28.4 Å². The first-order valence-corrected chi connectivity index (χ1v) is 8.33. The molecule has 8 heteroatoms. The predicted octanol–water partition coefficient (Wildman–Crippen LogP) is 2.13. The topological polar surface area (TPSA) is 99.1 Å². The molecule has 0 fully saturated rings. The summed E-state index contributed by atoms with van der Waals surface area (Å²) < 4.78 is 20.8. The number of ether oxygens (including phenoxy) is 4. The van der Waals surface area contributed by atoms with E-state index in [9.17, 15) is 5.53 Å². The van der Waals surface area contributed by atoms with Crippen molar-refractivity contribution in [1.29, 1.82) is 0 Å². The lowest BCUT2D eigenvalue weighted by atomic mass is 10.0. The Balaban J connectivity index is 2.54. The van der Waals surface area contributed by atoms with Gasteiger partial charge in [0.15, 0.2) is 0 Å². The summed E-state index contributed by atoms with van der Waals surface area (Å²) in [7, 11) is 6.40. The van der Waals surface area contributed by atoms with Gasteiger partial charge in [-0.15, -0.1) is 0 Å². The Hall–Kier alpha value is -2.48. The van der Waals surface area contributed by atoms with Crippen molar-refractivity contribution in [3.63, 3.8) is 0 Å². The van der Waals surface area contributed by atoms with E-state index in [2.05, 4.69) is 14.8 Å². The maximum Gasteiger partial charge on any atom is 0.329 e. The quantitative estimate of drug-likeness (QED) is 0.360. The van der Waals surface area contributed by atoms with E-state index in [1.807, 2.05) is 24.3 Å². The molecule has 0 N–H and O–H groups in total. The Morgan fingerprint density at radius 2 is 1.00 bits per heavy atom. The molecule has 0 atom stereocenters. The van der Waals surface area contributed by atoms with Gasteiger partial charge in [0.25, 0.3) is 0 Å². The van der Waals surface area contributed by atoms with E-state index in [4.69, 9.17) is 18.9 Å². The molecule has 2 rings (SSSR count). The third-order valence-electron chi connectivity index (χ3n) is 3.68. The molecule has 8 nitrogen and oxygen atoms in total. The van der Waals surface area contributed by atoms with Crippen LogP contribution in [0, 0.1) is 0 Å². The van der Waals surface area contributed by atoms with Crippen LogP contribution in [0.2, 0.25) is 0 Å². The van der Waals surface area contributed by atoms with Crippen molar-refractivity contribution >= 4 is 5.71 Å². The van der Waals surface area contributed by atoms with Crippen molar-refractivity contribution in [1.82, 2.24) is 9.97 Å². The van der Waals surface area contributed by atoms with Gasteiger partial charge in [0, 0.05) is 28.4 Å². The van der Waals surface area contributed by atoms with Crippen LogP contribution >= 0.6 is 0 Å². The number of hydrogen-bond acceptors (Lipinski definition) is 6. The Labute approximate surface area is 158 Å². The van der Waals surface area contributed by atoms with Crippen LogP contribution in [-0.2, 0) is 45.4 Å². The molecule has 0 bridgehead atoms. The van der Waals surface area contributed by atoms with Crippen molar-refractivity contribution in [2.24, 2.45) is 0 Å². The van der Waals surface area contributed by atoms with Crippen LogP contribution in [0.25, 0.3) is 5.53 Å². The van der Waals surface area contributed by atoms with Crippen molar-refractivity contribution < 1.29 is 23.7 Å². The molecule has 0 aromatic carbocycles. The standard InChI is InChI=1S/C19H24N4O4/c1-24-9-15-5-13(6-16(21-15)10-25-2)19(23-20)14-7-17(11-26-3)22-18(8-14)12-27-4/h5-8H,9-12H2,1-4H3. The summed E-state index contributed by atoms with van der Waals surface area (Å²) in [6.07, 6.45) is 0. The maximum absolute atomic E-state index is 9.74. The molecule has 0 aliphatic rings. The van der Waals surface area contributed by atoms with Crippen LogP contribution in [0.3, 0.4) is 0 Å². The highest BCUT2D eigenvalue weighted by molar-refractivity contribution is 6.09. The highest BCUT2D eigenvalue weighted by atomic mass is 16.5. The van der Waals surface area contributed by atoms with E-state index >= 15 is 0 Å². The van der Waals surface area contributed by atoms with E-state index in [1.165, 1.54) is 0 Å². The molecule has 0 unspecified atom stereocenters. The Kier molecular flexibility index (Phi) is 8.19. The second-order valence-electron chi connectivity index (χ2n) is 5.86. The van der Waals surface area contributed by atoms with Crippen molar-refractivity contribution in [2.75, 3.05) is 28.4 Å². The first kappa shape index (κ1) is 20.8. The van der Waals surface area contributed by atoms with Gasteiger partial charge in [-0.1, -0.05) is 0 Å². The summed E-state index contributed by atoms with van der Waals surface area (Å²) in [6, 6.07) is 7.29. The molecule has 0 aliphatic carbocycles. The molecule has 0 saturated carbocycles. The zero-order valence-electron chi connectivity index (χ0n) is 16.1. The van der Waals surface area contributed by atoms with Crippen LogP contribution in [0.5, 0.6) is 0 Å². The minimum absolute atomic E-state index is 0.337. The highest BCUT2D eigenvalue weighted by Gasteiger charge is 2.20. The average Bonchev–Trinajstić information content (AvgIpc) is 2.63. The number of nitrogens with zero attached hydrogens (tertiary/aromatic N) is 4. The Morgan fingerprint density at radius 3 is 1.22 bits per heavy atom. The summed E-state index contributed by atoms with van der Waals surface area (Å²) in [5.41, 5.74) is 14.4. The molecular weight excluding hydrogens is 348 g/mol. The number of pyridine rings is 2. The normalized spacial score (nSPS) is 10.7. The molecule has 2 aromatic rings. The van der Waals surface area contributed by atoms with Crippen LogP contribution in [0.15, 0.2) is 24.3 Å². The van der Waals surface area contributed by atoms with Crippen LogP contribution < -0.4 is 0 Å². The lowest BCUT2D eigenvalue weighted by Crippen LogP contribution is -2.11. The zero-order valence-corrected chi connectivity index (χ0v) is 16.1. The lowest BCUT2D eigenvalue weighted by Gasteiger charge is -2.09. The minimum Gasteiger partial charge on any atom is -0.378 e. The van der Waals surface area contributed by atoms with Gasteiger partial charge >= 0.3 is 5.71 Å². The van der Waals surface area contributed by atoms with Gasteiger partial charge in [-0.05, 0) is 24.3 Å². The number of hydrogen-bond donors (Lipinski definition) is 0. The summed E-state index contributed by atoms with van der Waals surface area (Å²) in [4.78, 5) is 12.5. The van der Waals surface area contributed by atoms with Crippen molar-refractivity contribution in [3.8, 4) is 0 Å². The van der Waals surface area contributed by atoms with E-state index in [0.29, 0.717) is 66.0 Å². The molecule has 144 valence electrons. The highest BCUT2D eigenvalue weighted by Crippen LogP contribution is 2.16. The first-order chi connectivity index (χ1) is 13.1.